The van der Waals surface area contributed by atoms with Gasteiger partial charge in [0.2, 0.25) is 0 Å². The van der Waals surface area contributed by atoms with Crippen LogP contribution in [0.3, 0.4) is 0 Å². The van der Waals surface area contributed by atoms with Gasteiger partial charge in [0, 0.05) is 30.3 Å². The highest BCUT2D eigenvalue weighted by Gasteiger charge is 2.18. The maximum atomic E-state index is 12.0. The van der Waals surface area contributed by atoms with E-state index in [0.29, 0.717) is 41.1 Å². The lowest BCUT2D eigenvalue weighted by Crippen LogP contribution is -2.32. The Labute approximate surface area is 174 Å². The molecule has 29 heavy (non-hydrogen) atoms. The zero-order chi connectivity index (χ0) is 21.4. The molecule has 2 aromatic carbocycles. The number of piperidine rings is 1. The van der Waals surface area contributed by atoms with Crippen molar-refractivity contribution in [3.63, 3.8) is 0 Å². The quantitative estimate of drug-likeness (QED) is 0.761. The Bertz CT molecular complexity index is 854. The van der Waals surface area contributed by atoms with Gasteiger partial charge in [-0.25, -0.2) is 0 Å². The molecule has 2 aromatic rings. The van der Waals surface area contributed by atoms with Crippen LogP contribution < -0.4 is 14.8 Å². The minimum atomic E-state index is 0.0144. The van der Waals surface area contributed by atoms with E-state index in [1.165, 1.54) is 5.56 Å². The molecular weight excluding hydrogens is 362 g/mol. The second-order valence-corrected chi connectivity index (χ2v) is 7.97. The molecule has 0 unspecified atom stereocenters. The SMILES string of the molecule is C=C1CNCC(=Cc2cc(OC)cc(OC)c2)C1=O.CC(C)(C)c1ccccc1. The molecule has 0 atom stereocenters. The average Bonchev–Trinajstić information content (AvgIpc) is 2.71. The van der Waals surface area contributed by atoms with Gasteiger partial charge in [0.25, 0.3) is 0 Å². The third kappa shape index (κ3) is 6.61. The average molecular weight is 394 g/mol. The van der Waals surface area contributed by atoms with Crippen molar-refractivity contribution in [1.82, 2.24) is 5.32 Å². The summed E-state index contributed by atoms with van der Waals surface area (Å²) in [5.74, 6) is 1.41. The number of hydrogen-bond donors (Lipinski definition) is 1. The second kappa shape index (κ2) is 10.1. The van der Waals surface area contributed by atoms with Gasteiger partial charge in [0.05, 0.1) is 14.2 Å². The summed E-state index contributed by atoms with van der Waals surface area (Å²) >= 11 is 0. The number of methoxy groups -OCH3 is 2. The van der Waals surface area contributed by atoms with Crippen molar-refractivity contribution in [1.29, 1.82) is 0 Å². The number of benzene rings is 2. The van der Waals surface area contributed by atoms with Crippen LogP contribution in [-0.2, 0) is 10.2 Å². The van der Waals surface area contributed by atoms with Gasteiger partial charge in [-0.2, -0.15) is 0 Å². The predicted octanol–water partition coefficient (Wildman–Crippen LogP) is 4.80. The molecule has 154 valence electrons. The number of Topliss-reactive ketones (excluding diaryl/α,β-unsaturated/α-hetero) is 1. The topological polar surface area (TPSA) is 47.6 Å². The Morgan fingerprint density at radius 1 is 0.966 bits per heavy atom. The fourth-order valence-corrected chi connectivity index (χ4v) is 2.90. The highest BCUT2D eigenvalue weighted by atomic mass is 16.5. The van der Waals surface area contributed by atoms with E-state index < -0.39 is 0 Å². The Morgan fingerprint density at radius 3 is 2.03 bits per heavy atom. The van der Waals surface area contributed by atoms with Crippen LogP contribution in [0.1, 0.15) is 31.9 Å². The summed E-state index contributed by atoms with van der Waals surface area (Å²) in [6.07, 6.45) is 1.84. The summed E-state index contributed by atoms with van der Waals surface area (Å²) in [4.78, 5) is 12.0. The number of hydrogen-bond acceptors (Lipinski definition) is 4. The first kappa shape index (κ1) is 22.4. The maximum Gasteiger partial charge on any atom is 0.187 e. The van der Waals surface area contributed by atoms with E-state index in [1.807, 2.05) is 18.2 Å². The van der Waals surface area contributed by atoms with E-state index in [1.54, 1.807) is 20.3 Å². The van der Waals surface area contributed by atoms with Crippen LogP contribution in [0.5, 0.6) is 11.5 Å². The van der Waals surface area contributed by atoms with E-state index in [0.717, 1.165) is 5.56 Å². The van der Waals surface area contributed by atoms with Gasteiger partial charge in [0.15, 0.2) is 5.78 Å². The van der Waals surface area contributed by atoms with Crippen LogP contribution in [0.4, 0.5) is 0 Å². The normalized spacial score (nSPS) is 15.6. The lowest BCUT2D eigenvalue weighted by Gasteiger charge is -2.18. The molecule has 0 amide bonds. The Hall–Kier alpha value is -2.85. The number of ketones is 1. The number of carbonyl (C=O) groups excluding carboxylic acids is 1. The first-order chi connectivity index (χ1) is 13.7. The standard InChI is InChI=1S/C15H17NO3.C10H14/c1-10-8-16-9-12(15(10)17)4-11-5-13(18-2)7-14(6-11)19-3;1-10(2,3)9-7-5-4-6-8-9/h4-7,16H,1,8-9H2,2-3H3;4-8H,1-3H3. The molecule has 0 spiro atoms. The minimum absolute atomic E-state index is 0.0144. The number of rotatable bonds is 3. The lowest BCUT2D eigenvalue weighted by molar-refractivity contribution is -0.112. The Morgan fingerprint density at radius 2 is 1.55 bits per heavy atom. The molecule has 4 heteroatoms. The van der Waals surface area contributed by atoms with Crippen molar-refractivity contribution in [3.8, 4) is 11.5 Å². The minimum Gasteiger partial charge on any atom is -0.497 e. The monoisotopic (exact) mass is 393 g/mol. The van der Waals surface area contributed by atoms with E-state index in [2.05, 4.69) is 63.0 Å². The van der Waals surface area contributed by atoms with Gasteiger partial charge in [0.1, 0.15) is 11.5 Å². The van der Waals surface area contributed by atoms with Crippen LogP contribution in [-0.4, -0.2) is 33.1 Å². The molecule has 1 aliphatic heterocycles. The van der Waals surface area contributed by atoms with Crippen molar-refractivity contribution >= 4 is 11.9 Å². The first-order valence-corrected chi connectivity index (χ1v) is 9.67. The van der Waals surface area contributed by atoms with Crippen LogP contribution in [0.15, 0.2) is 66.3 Å². The molecular formula is C25H31NO3. The molecule has 1 fully saturated rings. The predicted molar refractivity (Wildman–Crippen MR) is 120 cm³/mol. The van der Waals surface area contributed by atoms with Crippen molar-refractivity contribution in [2.45, 2.75) is 26.2 Å². The summed E-state index contributed by atoms with van der Waals surface area (Å²) < 4.78 is 10.4. The third-order valence-electron chi connectivity index (χ3n) is 4.62. The van der Waals surface area contributed by atoms with Gasteiger partial charge in [-0.15, -0.1) is 0 Å². The van der Waals surface area contributed by atoms with Crippen molar-refractivity contribution < 1.29 is 14.3 Å². The van der Waals surface area contributed by atoms with Crippen LogP contribution >= 0.6 is 0 Å². The van der Waals surface area contributed by atoms with Gasteiger partial charge >= 0.3 is 0 Å². The number of ether oxygens (including phenoxy) is 2. The molecule has 0 radical (unpaired) electrons. The van der Waals surface area contributed by atoms with Crippen molar-refractivity contribution in [3.05, 3.63) is 77.4 Å². The van der Waals surface area contributed by atoms with Crippen molar-refractivity contribution in [2.24, 2.45) is 0 Å². The van der Waals surface area contributed by atoms with E-state index in [-0.39, 0.29) is 5.78 Å². The molecule has 1 aliphatic rings. The smallest absolute Gasteiger partial charge is 0.187 e. The van der Waals surface area contributed by atoms with Crippen molar-refractivity contribution in [2.75, 3.05) is 27.3 Å². The van der Waals surface area contributed by atoms with Crippen LogP contribution in [0.25, 0.3) is 6.08 Å². The van der Waals surface area contributed by atoms with Crippen LogP contribution in [0.2, 0.25) is 0 Å². The molecule has 1 heterocycles. The summed E-state index contributed by atoms with van der Waals surface area (Å²) in [5.41, 5.74) is 3.85. The molecule has 0 bridgehead atoms. The zero-order valence-corrected chi connectivity index (χ0v) is 18.0. The van der Waals surface area contributed by atoms with E-state index in [9.17, 15) is 4.79 Å². The fourth-order valence-electron chi connectivity index (χ4n) is 2.90. The largest absolute Gasteiger partial charge is 0.497 e. The Kier molecular flexibility index (Phi) is 7.80. The van der Waals surface area contributed by atoms with Gasteiger partial charge in [-0.3, -0.25) is 4.79 Å². The fraction of sp³-hybridized carbons (Fsp3) is 0.320. The molecule has 0 saturated carbocycles. The summed E-state index contributed by atoms with van der Waals surface area (Å²) in [6.45, 7) is 11.5. The molecule has 0 aromatic heterocycles. The molecule has 4 nitrogen and oxygen atoms in total. The molecule has 1 N–H and O–H groups in total. The lowest BCUT2D eigenvalue weighted by atomic mass is 9.87. The van der Waals surface area contributed by atoms with E-state index >= 15 is 0 Å². The van der Waals surface area contributed by atoms with Crippen LogP contribution in [0, 0.1) is 0 Å². The number of nitrogens with one attached hydrogen (secondary N) is 1. The summed E-state index contributed by atoms with van der Waals surface area (Å²) in [6, 6.07) is 16.1. The second-order valence-electron chi connectivity index (χ2n) is 7.97. The zero-order valence-electron chi connectivity index (χ0n) is 18.0. The Balaban J connectivity index is 0.000000253. The van der Waals surface area contributed by atoms with Gasteiger partial charge in [-0.1, -0.05) is 57.7 Å². The third-order valence-corrected chi connectivity index (χ3v) is 4.62. The molecule has 1 saturated heterocycles. The van der Waals surface area contributed by atoms with Gasteiger partial charge < -0.3 is 14.8 Å². The maximum absolute atomic E-state index is 12.0. The number of carbonyl (C=O) groups is 1. The molecule has 0 aliphatic carbocycles. The summed E-state index contributed by atoms with van der Waals surface area (Å²) in [5, 5.41) is 3.14. The van der Waals surface area contributed by atoms with Gasteiger partial charge in [-0.05, 0) is 34.8 Å². The highest BCUT2D eigenvalue weighted by molar-refractivity contribution is 6.11. The first-order valence-electron chi connectivity index (χ1n) is 9.67. The molecule has 3 rings (SSSR count). The van der Waals surface area contributed by atoms with E-state index in [4.69, 9.17) is 9.47 Å². The summed E-state index contributed by atoms with van der Waals surface area (Å²) in [7, 11) is 3.20. The highest BCUT2D eigenvalue weighted by Crippen LogP contribution is 2.25.